The highest BCUT2D eigenvalue weighted by atomic mass is 32.2. The molecule has 2 rings (SSSR count). The molecule has 0 aromatic heterocycles. The predicted octanol–water partition coefficient (Wildman–Crippen LogP) is 1.70. The van der Waals surface area contributed by atoms with Gasteiger partial charge >= 0.3 is 5.97 Å². The molecule has 0 fully saturated rings. The van der Waals surface area contributed by atoms with Crippen LogP contribution in [0, 0.1) is 0 Å². The number of nitrogens with one attached hydrogen (secondary N) is 1. The number of benzene rings is 2. The highest BCUT2D eigenvalue weighted by Gasteiger charge is 2.25. The fourth-order valence-corrected chi connectivity index (χ4v) is 3.05. The molecule has 140 valence electrons. The Kier molecular flexibility index (Phi) is 6.17. The van der Waals surface area contributed by atoms with Crippen LogP contribution >= 0.6 is 0 Å². The normalized spacial score (nSPS) is 12.5. The maximum Gasteiger partial charge on any atom is 0.326 e. The van der Waals surface area contributed by atoms with Gasteiger partial charge in [-0.15, -0.1) is 0 Å². The first-order valence-electron chi connectivity index (χ1n) is 7.86. The highest BCUT2D eigenvalue weighted by molar-refractivity contribution is 7.85. The van der Waals surface area contributed by atoms with Gasteiger partial charge in [0.05, 0.1) is 17.9 Å². The smallest absolute Gasteiger partial charge is 0.326 e. The number of carboxylic acid groups (broad SMARTS) is 1. The number of aliphatic carboxylic acids is 1. The van der Waals surface area contributed by atoms with E-state index in [9.17, 15) is 23.1 Å². The van der Waals surface area contributed by atoms with Crippen LogP contribution in [0.2, 0.25) is 0 Å². The van der Waals surface area contributed by atoms with E-state index in [0.717, 1.165) is 5.39 Å². The Morgan fingerprint density at radius 2 is 1.88 bits per heavy atom. The minimum absolute atomic E-state index is 0.169. The molecule has 1 amide bonds. The Morgan fingerprint density at radius 3 is 2.50 bits per heavy atom. The van der Waals surface area contributed by atoms with Crippen molar-refractivity contribution in [2.24, 2.45) is 0 Å². The van der Waals surface area contributed by atoms with Gasteiger partial charge in [-0.2, -0.15) is 8.42 Å². The number of carbonyl (C=O) groups is 2. The first-order valence-corrected chi connectivity index (χ1v) is 9.47. The van der Waals surface area contributed by atoms with E-state index in [4.69, 9.17) is 9.29 Å². The van der Waals surface area contributed by atoms with E-state index in [-0.39, 0.29) is 5.56 Å². The maximum absolute atomic E-state index is 12.7. The molecule has 26 heavy (non-hydrogen) atoms. The standard InChI is InChI=1S/C17H19NO7S/c1-2-25-14-8-7-11-5-3-4-6-12(11)15(14)16(19)18-13(17(20)21)9-10-26(22,23)24/h3-8,13H,2,9-10H2,1H3,(H,18,19)(H,20,21)(H,22,23,24)/t13-/m0/s1. The van der Waals surface area contributed by atoms with Gasteiger partial charge < -0.3 is 15.2 Å². The van der Waals surface area contributed by atoms with Gasteiger partial charge in [0.25, 0.3) is 16.0 Å². The molecule has 0 saturated heterocycles. The van der Waals surface area contributed by atoms with Crippen LogP contribution in [0.1, 0.15) is 23.7 Å². The third-order valence-corrected chi connectivity index (χ3v) is 4.44. The van der Waals surface area contributed by atoms with Gasteiger partial charge in [-0.05, 0) is 30.2 Å². The summed E-state index contributed by atoms with van der Waals surface area (Å²) in [5.74, 6) is -2.59. The first kappa shape index (κ1) is 19.7. The summed E-state index contributed by atoms with van der Waals surface area (Å²) in [4.78, 5) is 24.1. The van der Waals surface area contributed by atoms with Crippen LogP contribution in [0.3, 0.4) is 0 Å². The zero-order chi connectivity index (χ0) is 19.3. The summed E-state index contributed by atoms with van der Waals surface area (Å²) in [6.45, 7) is 2.06. The molecule has 8 nitrogen and oxygen atoms in total. The van der Waals surface area contributed by atoms with E-state index < -0.39 is 40.2 Å². The molecule has 0 spiro atoms. The van der Waals surface area contributed by atoms with E-state index in [2.05, 4.69) is 5.32 Å². The predicted molar refractivity (Wildman–Crippen MR) is 95.0 cm³/mol. The summed E-state index contributed by atoms with van der Waals surface area (Å²) in [6.07, 6.45) is -0.464. The van der Waals surface area contributed by atoms with Crippen LogP contribution in [-0.4, -0.2) is 48.4 Å². The number of carboxylic acids is 1. The van der Waals surface area contributed by atoms with Crippen LogP contribution in [0.4, 0.5) is 0 Å². The first-order chi connectivity index (χ1) is 12.2. The molecule has 0 aliphatic carbocycles. The number of rotatable bonds is 8. The van der Waals surface area contributed by atoms with Crippen molar-refractivity contribution in [2.45, 2.75) is 19.4 Å². The van der Waals surface area contributed by atoms with Crippen molar-refractivity contribution in [2.75, 3.05) is 12.4 Å². The van der Waals surface area contributed by atoms with Gasteiger partial charge in [0.15, 0.2) is 0 Å². The van der Waals surface area contributed by atoms with Crippen LogP contribution in [-0.2, 0) is 14.9 Å². The van der Waals surface area contributed by atoms with E-state index >= 15 is 0 Å². The second-order valence-corrected chi connectivity index (χ2v) is 7.10. The van der Waals surface area contributed by atoms with E-state index in [1.54, 1.807) is 43.3 Å². The monoisotopic (exact) mass is 381 g/mol. The van der Waals surface area contributed by atoms with Crippen LogP contribution in [0.15, 0.2) is 36.4 Å². The van der Waals surface area contributed by atoms with Crippen molar-refractivity contribution in [1.29, 1.82) is 0 Å². The Morgan fingerprint density at radius 1 is 1.19 bits per heavy atom. The molecule has 0 unspecified atom stereocenters. The van der Waals surface area contributed by atoms with Gasteiger partial charge in [0.2, 0.25) is 0 Å². The topological polar surface area (TPSA) is 130 Å². The summed E-state index contributed by atoms with van der Waals surface area (Å²) in [5, 5.41) is 12.9. The van der Waals surface area contributed by atoms with Gasteiger partial charge in [-0.25, -0.2) is 4.79 Å². The Bertz CT molecular complexity index is 924. The summed E-state index contributed by atoms with van der Waals surface area (Å²) < 4.78 is 36.0. The lowest BCUT2D eigenvalue weighted by atomic mass is 10.0. The number of ether oxygens (including phenoxy) is 1. The number of hydrogen-bond donors (Lipinski definition) is 3. The number of hydrogen-bond acceptors (Lipinski definition) is 5. The fraction of sp³-hybridized carbons (Fsp3) is 0.294. The average Bonchev–Trinajstić information content (AvgIpc) is 2.57. The van der Waals surface area contributed by atoms with Crippen molar-refractivity contribution in [3.05, 3.63) is 42.0 Å². The zero-order valence-electron chi connectivity index (χ0n) is 14.0. The molecule has 3 N–H and O–H groups in total. The van der Waals surface area contributed by atoms with E-state index in [1.165, 1.54) is 0 Å². The minimum Gasteiger partial charge on any atom is -0.493 e. The molecule has 1 atom stereocenters. The average molecular weight is 381 g/mol. The molecule has 0 radical (unpaired) electrons. The molecular weight excluding hydrogens is 362 g/mol. The largest absolute Gasteiger partial charge is 0.493 e. The summed E-state index contributed by atoms with van der Waals surface area (Å²) >= 11 is 0. The van der Waals surface area contributed by atoms with Crippen molar-refractivity contribution < 1.29 is 32.4 Å². The second kappa shape index (κ2) is 8.15. The van der Waals surface area contributed by atoms with E-state index in [1.807, 2.05) is 0 Å². The van der Waals surface area contributed by atoms with Gasteiger partial charge in [-0.1, -0.05) is 30.3 Å². The summed E-state index contributed by atoms with van der Waals surface area (Å²) in [7, 11) is -4.34. The van der Waals surface area contributed by atoms with Crippen LogP contribution < -0.4 is 10.1 Å². The summed E-state index contributed by atoms with van der Waals surface area (Å²) in [6, 6.07) is 8.98. The van der Waals surface area contributed by atoms with Gasteiger partial charge in [0.1, 0.15) is 11.8 Å². The van der Waals surface area contributed by atoms with Gasteiger partial charge in [0, 0.05) is 0 Å². The molecular formula is C17H19NO7S. The molecule has 0 aliphatic heterocycles. The molecule has 0 bridgehead atoms. The molecule has 2 aromatic rings. The summed E-state index contributed by atoms with van der Waals surface area (Å²) in [5.41, 5.74) is 0.169. The lowest BCUT2D eigenvalue weighted by Crippen LogP contribution is -2.42. The number of amides is 1. The van der Waals surface area contributed by atoms with Crippen molar-refractivity contribution in [1.82, 2.24) is 5.32 Å². The van der Waals surface area contributed by atoms with Crippen molar-refractivity contribution >= 4 is 32.8 Å². The van der Waals surface area contributed by atoms with Crippen molar-refractivity contribution in [3.8, 4) is 5.75 Å². The Labute approximate surface area is 150 Å². The number of carbonyl (C=O) groups excluding carboxylic acids is 1. The molecule has 0 heterocycles. The lowest BCUT2D eigenvalue weighted by molar-refractivity contribution is -0.139. The number of fused-ring (bicyclic) bond motifs is 1. The molecule has 9 heteroatoms. The highest BCUT2D eigenvalue weighted by Crippen LogP contribution is 2.28. The fourth-order valence-electron chi connectivity index (χ4n) is 2.52. The van der Waals surface area contributed by atoms with Crippen LogP contribution in [0.25, 0.3) is 10.8 Å². The zero-order valence-corrected chi connectivity index (χ0v) is 14.8. The Hall–Kier alpha value is -2.65. The Balaban J connectivity index is 2.37. The van der Waals surface area contributed by atoms with Gasteiger partial charge in [-0.3, -0.25) is 9.35 Å². The quantitative estimate of drug-likeness (QED) is 0.593. The second-order valence-electron chi connectivity index (χ2n) is 5.53. The SMILES string of the molecule is CCOc1ccc2ccccc2c1C(=O)N[C@@H](CCS(=O)(=O)O)C(=O)O. The third-order valence-electron chi connectivity index (χ3n) is 3.69. The van der Waals surface area contributed by atoms with Crippen molar-refractivity contribution in [3.63, 3.8) is 0 Å². The minimum atomic E-state index is -4.34. The van der Waals surface area contributed by atoms with E-state index in [0.29, 0.717) is 17.7 Å². The third kappa shape index (κ3) is 4.93. The lowest BCUT2D eigenvalue weighted by Gasteiger charge is -2.17. The molecule has 0 saturated carbocycles. The maximum atomic E-state index is 12.7. The molecule has 0 aliphatic rings. The molecule has 2 aromatic carbocycles. The van der Waals surface area contributed by atoms with Crippen LogP contribution in [0.5, 0.6) is 5.75 Å².